The first kappa shape index (κ1) is 7.78. The van der Waals surface area contributed by atoms with Crippen molar-refractivity contribution in [2.24, 2.45) is 5.73 Å². The van der Waals surface area contributed by atoms with E-state index >= 15 is 0 Å². The Morgan fingerprint density at radius 1 is 1.88 bits per heavy atom. The summed E-state index contributed by atoms with van der Waals surface area (Å²) in [5.41, 5.74) is 5.08. The highest BCUT2D eigenvalue weighted by molar-refractivity contribution is 7.80. The first-order valence-electron chi connectivity index (χ1n) is 2.09. The Kier molecular flexibility index (Phi) is 4.79. The molecule has 0 amide bonds. The van der Waals surface area contributed by atoms with Crippen molar-refractivity contribution in [2.75, 3.05) is 5.75 Å². The number of rotatable bonds is 2. The average Bonchev–Trinajstić information content (AvgIpc) is 1.66. The van der Waals surface area contributed by atoms with E-state index in [-0.39, 0.29) is 5.11 Å². The quantitative estimate of drug-likeness (QED) is 0.388. The molecular weight excluding hydrogens is 140 g/mol. The molecule has 0 spiro atoms. The van der Waals surface area contributed by atoms with Crippen LogP contribution in [0.3, 0.4) is 0 Å². The van der Waals surface area contributed by atoms with E-state index in [4.69, 9.17) is 5.73 Å². The van der Waals surface area contributed by atoms with Crippen molar-refractivity contribution >= 4 is 30.0 Å². The van der Waals surface area contributed by atoms with Gasteiger partial charge in [0.2, 0.25) is 0 Å². The molecule has 0 atom stereocenters. The number of nitrogens with one attached hydrogen (secondary N) is 1. The van der Waals surface area contributed by atoms with Gasteiger partial charge < -0.3 is 11.1 Å². The fourth-order valence-electron chi connectivity index (χ4n) is 0.194. The van der Waals surface area contributed by atoms with E-state index in [1.165, 1.54) is 0 Å². The molecule has 3 N–H and O–H groups in total. The molecule has 0 aliphatic rings. The van der Waals surface area contributed by atoms with Gasteiger partial charge in [-0.3, -0.25) is 0 Å². The van der Waals surface area contributed by atoms with E-state index in [0.29, 0.717) is 5.75 Å². The molecule has 0 aromatic carbocycles. The highest BCUT2D eigenvalue weighted by Gasteiger charge is 1.73. The fourth-order valence-corrected chi connectivity index (χ4v) is 0.367. The lowest BCUT2D eigenvalue weighted by molar-refractivity contribution is 1.27. The van der Waals surface area contributed by atoms with Gasteiger partial charge in [-0.25, -0.2) is 0 Å². The Labute approximate surface area is 59.5 Å². The molecule has 0 unspecified atom stereocenters. The van der Waals surface area contributed by atoms with Crippen LogP contribution < -0.4 is 11.1 Å². The van der Waals surface area contributed by atoms with Crippen molar-refractivity contribution < 1.29 is 0 Å². The second-order valence-corrected chi connectivity index (χ2v) is 1.90. The summed E-state index contributed by atoms with van der Waals surface area (Å²) in [7, 11) is 0. The summed E-state index contributed by atoms with van der Waals surface area (Å²) in [6.45, 7) is 0. The summed E-state index contributed by atoms with van der Waals surface area (Å²) in [6.07, 6.45) is 3.47. The van der Waals surface area contributed by atoms with Gasteiger partial charge in [-0.05, 0) is 18.4 Å². The molecule has 0 saturated heterocycles. The van der Waals surface area contributed by atoms with Gasteiger partial charge in [0, 0.05) is 5.75 Å². The first-order valence-corrected chi connectivity index (χ1v) is 3.13. The van der Waals surface area contributed by atoms with E-state index in [1.807, 2.05) is 6.08 Å². The van der Waals surface area contributed by atoms with Gasteiger partial charge in [-0.2, -0.15) is 12.6 Å². The largest absolute Gasteiger partial charge is 0.376 e. The number of hydrogen-bond donors (Lipinski definition) is 3. The average molecular weight is 148 g/mol. The standard InChI is InChI=1S/C4H8N2S2/c5-4(8)6-2-1-3-7/h1-2,7H,3H2,(H3,5,6,8). The number of thiol groups is 1. The lowest BCUT2D eigenvalue weighted by atomic mass is 10.7. The van der Waals surface area contributed by atoms with Gasteiger partial charge in [0.05, 0.1) is 0 Å². The van der Waals surface area contributed by atoms with Gasteiger partial charge in [0.15, 0.2) is 5.11 Å². The lowest BCUT2D eigenvalue weighted by Crippen LogP contribution is -2.23. The maximum Gasteiger partial charge on any atom is 0.167 e. The Bertz CT molecular complexity index is 100. The van der Waals surface area contributed by atoms with E-state index in [9.17, 15) is 0 Å². The van der Waals surface area contributed by atoms with Crippen molar-refractivity contribution in [3.63, 3.8) is 0 Å². The monoisotopic (exact) mass is 148 g/mol. The van der Waals surface area contributed by atoms with Crippen LogP contribution in [0.15, 0.2) is 12.3 Å². The van der Waals surface area contributed by atoms with Gasteiger partial charge >= 0.3 is 0 Å². The molecule has 0 aliphatic heterocycles. The Hall–Kier alpha value is -0.220. The van der Waals surface area contributed by atoms with Crippen molar-refractivity contribution in [3.05, 3.63) is 12.3 Å². The van der Waals surface area contributed by atoms with Gasteiger partial charge in [-0.15, -0.1) is 0 Å². The van der Waals surface area contributed by atoms with Crippen LogP contribution in [-0.2, 0) is 0 Å². The first-order chi connectivity index (χ1) is 3.77. The van der Waals surface area contributed by atoms with Crippen LogP contribution in [0.25, 0.3) is 0 Å². The van der Waals surface area contributed by atoms with Crippen LogP contribution >= 0.6 is 24.8 Å². The maximum atomic E-state index is 5.08. The summed E-state index contributed by atoms with van der Waals surface area (Å²) >= 11 is 8.41. The minimum atomic E-state index is 0.281. The summed E-state index contributed by atoms with van der Waals surface area (Å²) in [5.74, 6) is 0.690. The van der Waals surface area contributed by atoms with Crippen LogP contribution in [0.5, 0.6) is 0 Å². The van der Waals surface area contributed by atoms with E-state index in [1.54, 1.807) is 6.20 Å². The Morgan fingerprint density at radius 3 is 2.88 bits per heavy atom. The predicted octanol–water partition coefficient (Wildman–Crippen LogP) is 0.263. The molecule has 0 saturated carbocycles. The molecule has 8 heavy (non-hydrogen) atoms. The summed E-state index contributed by atoms with van der Waals surface area (Å²) in [5, 5.41) is 2.91. The van der Waals surface area contributed by atoms with Crippen LogP contribution in [0.2, 0.25) is 0 Å². The highest BCUT2D eigenvalue weighted by Crippen LogP contribution is 1.72. The minimum absolute atomic E-state index is 0.281. The molecule has 0 heterocycles. The summed E-state index contributed by atoms with van der Waals surface area (Å²) in [4.78, 5) is 0. The second-order valence-electron chi connectivity index (χ2n) is 1.09. The van der Waals surface area contributed by atoms with Crippen LogP contribution in [0.1, 0.15) is 0 Å². The van der Waals surface area contributed by atoms with Crippen molar-refractivity contribution in [2.45, 2.75) is 0 Å². The van der Waals surface area contributed by atoms with Crippen LogP contribution in [0, 0.1) is 0 Å². The van der Waals surface area contributed by atoms with E-state index in [0.717, 1.165) is 0 Å². The number of nitrogens with two attached hydrogens (primary N) is 1. The van der Waals surface area contributed by atoms with Gasteiger partial charge in [-0.1, -0.05) is 6.08 Å². The number of hydrogen-bond acceptors (Lipinski definition) is 2. The van der Waals surface area contributed by atoms with Crippen molar-refractivity contribution in [1.82, 2.24) is 5.32 Å². The Balaban J connectivity index is 3.16. The van der Waals surface area contributed by atoms with Crippen molar-refractivity contribution in [1.29, 1.82) is 0 Å². The third kappa shape index (κ3) is 5.78. The zero-order chi connectivity index (χ0) is 6.41. The molecule has 46 valence electrons. The number of thiocarbonyl (C=S) groups is 1. The normalized spacial score (nSPS) is 9.62. The molecule has 0 aliphatic carbocycles. The summed E-state index contributed by atoms with van der Waals surface area (Å²) < 4.78 is 0. The molecule has 0 rings (SSSR count). The molecule has 4 heteroatoms. The zero-order valence-corrected chi connectivity index (χ0v) is 6.01. The maximum absolute atomic E-state index is 5.08. The molecule has 0 aromatic heterocycles. The third-order valence-corrected chi connectivity index (χ3v) is 0.778. The summed E-state index contributed by atoms with van der Waals surface area (Å²) in [6, 6.07) is 0. The van der Waals surface area contributed by atoms with Crippen LogP contribution in [0.4, 0.5) is 0 Å². The molecule has 0 aromatic rings. The minimum Gasteiger partial charge on any atom is -0.376 e. The van der Waals surface area contributed by atoms with E-state index in [2.05, 4.69) is 30.2 Å². The zero-order valence-electron chi connectivity index (χ0n) is 4.29. The predicted molar refractivity (Wildman–Crippen MR) is 42.9 cm³/mol. The molecule has 0 fully saturated rings. The smallest absolute Gasteiger partial charge is 0.167 e. The van der Waals surface area contributed by atoms with E-state index < -0.39 is 0 Å². The second kappa shape index (κ2) is 4.93. The molecule has 2 nitrogen and oxygen atoms in total. The topological polar surface area (TPSA) is 38.0 Å². The molecule has 0 radical (unpaired) electrons. The fraction of sp³-hybridized carbons (Fsp3) is 0.250. The molecular formula is C4H8N2S2. The molecule has 0 bridgehead atoms. The van der Waals surface area contributed by atoms with Crippen molar-refractivity contribution in [3.8, 4) is 0 Å². The highest BCUT2D eigenvalue weighted by atomic mass is 32.1. The third-order valence-electron chi connectivity index (χ3n) is 0.449. The van der Waals surface area contributed by atoms with Gasteiger partial charge in [0.25, 0.3) is 0 Å². The van der Waals surface area contributed by atoms with Crippen LogP contribution in [-0.4, -0.2) is 10.9 Å². The lowest BCUT2D eigenvalue weighted by Gasteiger charge is -1.90. The Morgan fingerprint density at radius 2 is 2.50 bits per heavy atom. The van der Waals surface area contributed by atoms with Gasteiger partial charge in [0.1, 0.15) is 0 Å². The SMILES string of the molecule is NC(=S)NC=CCS.